The van der Waals surface area contributed by atoms with Crippen LogP contribution in [-0.4, -0.2) is 16.3 Å². The van der Waals surface area contributed by atoms with Crippen LogP contribution < -0.4 is 0 Å². The van der Waals surface area contributed by atoms with Gasteiger partial charge in [-0.1, -0.05) is 23.3 Å². The molecule has 0 aliphatic heterocycles. The molecule has 0 saturated heterocycles. The Balaban J connectivity index is 0.000000143. The average Bonchev–Trinajstić information content (AvgIpc) is 3.05. The predicted molar refractivity (Wildman–Crippen MR) is 97.7 cm³/mol. The molecule has 2 aliphatic rings. The topological polar surface area (TPSA) is 42.9 Å². The Morgan fingerprint density at radius 3 is 2.25 bits per heavy atom. The van der Waals surface area contributed by atoms with Gasteiger partial charge in [0.15, 0.2) is 6.29 Å². The molecule has 0 bridgehead atoms. The first kappa shape index (κ1) is 16.3. The van der Waals surface area contributed by atoms with Crippen molar-refractivity contribution in [1.29, 1.82) is 0 Å². The second kappa shape index (κ2) is 6.52. The summed E-state index contributed by atoms with van der Waals surface area (Å²) in [5.41, 5.74) is 9.98. The lowest BCUT2D eigenvalue weighted by Gasteiger charge is -1.99. The summed E-state index contributed by atoms with van der Waals surface area (Å²) in [5.74, 6) is 0. The zero-order chi connectivity index (χ0) is 17.3. The molecule has 24 heavy (non-hydrogen) atoms. The Morgan fingerprint density at radius 1 is 0.875 bits per heavy atom. The van der Waals surface area contributed by atoms with Crippen LogP contribution in [0.3, 0.4) is 0 Å². The van der Waals surface area contributed by atoms with Gasteiger partial charge >= 0.3 is 0 Å². The van der Waals surface area contributed by atoms with Crippen molar-refractivity contribution in [3.8, 4) is 0 Å². The van der Waals surface area contributed by atoms with Crippen LogP contribution in [0.4, 0.5) is 0 Å². The fourth-order valence-corrected chi connectivity index (χ4v) is 3.17. The minimum Gasteiger partial charge on any atom is -0.298 e. The van der Waals surface area contributed by atoms with Gasteiger partial charge < -0.3 is 0 Å². The summed E-state index contributed by atoms with van der Waals surface area (Å²) >= 11 is 0. The number of hydrogen-bond acceptors (Lipinski definition) is 3. The first-order valence-corrected chi connectivity index (χ1v) is 8.23. The molecule has 2 aliphatic carbocycles. The third-order valence-electron chi connectivity index (χ3n) is 4.41. The van der Waals surface area contributed by atoms with Crippen molar-refractivity contribution in [2.45, 2.75) is 40.5 Å². The van der Waals surface area contributed by atoms with E-state index in [1.807, 2.05) is 26.8 Å². The highest BCUT2D eigenvalue weighted by atomic mass is 16.1. The molecule has 0 fully saturated rings. The number of pyridine rings is 2. The lowest BCUT2D eigenvalue weighted by molar-refractivity contribution is -0.103. The van der Waals surface area contributed by atoms with Crippen LogP contribution in [0.5, 0.6) is 0 Å². The Morgan fingerprint density at radius 2 is 1.54 bits per heavy atom. The van der Waals surface area contributed by atoms with E-state index in [9.17, 15) is 4.79 Å². The predicted octanol–water partition coefficient (Wildman–Crippen LogP) is 4.27. The standard InChI is InChI=1S/C11H11NO.C10H11N/c1-7-5-9-4-3-8(2)12-11(9)10(7)6-13;1-7-5-9-4-3-8(2)11-10(9)6-7/h3-4,6H,5H2,1-2H3;3-4,6H,5H2,1-2H3. The number of aromatic nitrogens is 2. The van der Waals surface area contributed by atoms with Gasteiger partial charge in [0, 0.05) is 17.0 Å². The van der Waals surface area contributed by atoms with Crippen LogP contribution in [-0.2, 0) is 17.6 Å². The van der Waals surface area contributed by atoms with Crippen molar-refractivity contribution >= 4 is 17.9 Å². The SMILES string of the molecule is CC1=C(C=O)c2nc(C)ccc2C1.CC1=Cc2nc(C)ccc2C1. The van der Waals surface area contributed by atoms with Crippen LogP contribution in [0.25, 0.3) is 11.6 Å². The highest BCUT2D eigenvalue weighted by Gasteiger charge is 2.19. The van der Waals surface area contributed by atoms with E-state index in [-0.39, 0.29) is 0 Å². The Labute approximate surface area is 143 Å². The maximum Gasteiger partial charge on any atom is 0.152 e. The van der Waals surface area contributed by atoms with E-state index >= 15 is 0 Å². The third kappa shape index (κ3) is 3.21. The number of aldehydes is 1. The third-order valence-corrected chi connectivity index (χ3v) is 4.41. The van der Waals surface area contributed by atoms with Crippen LogP contribution >= 0.6 is 0 Å². The minimum atomic E-state index is 0.777. The van der Waals surface area contributed by atoms with Crippen LogP contribution in [0.1, 0.15) is 47.8 Å². The maximum atomic E-state index is 10.8. The minimum absolute atomic E-state index is 0.777. The van der Waals surface area contributed by atoms with Crippen LogP contribution in [0.15, 0.2) is 35.4 Å². The summed E-state index contributed by atoms with van der Waals surface area (Å²) in [7, 11) is 0. The van der Waals surface area contributed by atoms with Gasteiger partial charge in [-0.3, -0.25) is 14.8 Å². The second-order valence-electron chi connectivity index (χ2n) is 6.61. The summed E-state index contributed by atoms with van der Waals surface area (Å²) in [6, 6.07) is 8.29. The van der Waals surface area contributed by atoms with Crippen LogP contribution in [0.2, 0.25) is 0 Å². The summed E-state index contributed by atoms with van der Waals surface area (Å²) in [6.45, 7) is 8.11. The van der Waals surface area contributed by atoms with Crippen molar-refractivity contribution in [3.05, 3.63) is 69.3 Å². The molecule has 2 aromatic heterocycles. The molecule has 0 aromatic carbocycles. The zero-order valence-electron chi connectivity index (χ0n) is 14.7. The van der Waals surface area contributed by atoms with Crippen molar-refractivity contribution in [2.24, 2.45) is 0 Å². The molecule has 0 unspecified atom stereocenters. The largest absolute Gasteiger partial charge is 0.298 e. The van der Waals surface area contributed by atoms with Crippen molar-refractivity contribution in [3.63, 3.8) is 0 Å². The van der Waals surface area contributed by atoms with Gasteiger partial charge in [-0.2, -0.15) is 0 Å². The lowest BCUT2D eigenvalue weighted by Crippen LogP contribution is -1.92. The molecule has 2 heterocycles. The quantitative estimate of drug-likeness (QED) is 0.738. The molecule has 0 saturated carbocycles. The van der Waals surface area contributed by atoms with E-state index in [1.54, 1.807) is 0 Å². The van der Waals surface area contributed by atoms with Gasteiger partial charge in [0.25, 0.3) is 0 Å². The maximum absolute atomic E-state index is 10.8. The fourth-order valence-electron chi connectivity index (χ4n) is 3.17. The van der Waals surface area contributed by atoms with E-state index in [0.29, 0.717) is 0 Å². The Bertz CT molecular complexity index is 875. The van der Waals surface area contributed by atoms with Crippen LogP contribution in [0, 0.1) is 13.8 Å². The molecule has 0 atom stereocenters. The number of hydrogen-bond donors (Lipinski definition) is 0. The molecule has 4 rings (SSSR count). The average molecular weight is 318 g/mol. The molecular weight excluding hydrogens is 296 g/mol. The fraction of sp³-hybridized carbons (Fsp3) is 0.286. The summed E-state index contributed by atoms with van der Waals surface area (Å²) in [5, 5.41) is 0. The highest BCUT2D eigenvalue weighted by Crippen LogP contribution is 2.29. The number of rotatable bonds is 1. The number of allylic oxidation sites excluding steroid dienone is 3. The first-order valence-electron chi connectivity index (χ1n) is 8.23. The molecular formula is C21H22N2O. The molecule has 0 amide bonds. The number of carbonyl (C=O) groups is 1. The number of nitrogens with zero attached hydrogens (tertiary/aromatic N) is 2. The van der Waals surface area contributed by atoms with Crippen molar-refractivity contribution < 1.29 is 4.79 Å². The monoisotopic (exact) mass is 318 g/mol. The lowest BCUT2D eigenvalue weighted by atomic mass is 10.1. The molecule has 3 heteroatoms. The smallest absolute Gasteiger partial charge is 0.152 e. The first-order chi connectivity index (χ1) is 11.5. The second-order valence-corrected chi connectivity index (χ2v) is 6.61. The van der Waals surface area contributed by atoms with Crippen molar-refractivity contribution in [2.75, 3.05) is 0 Å². The highest BCUT2D eigenvalue weighted by molar-refractivity contribution is 6.09. The van der Waals surface area contributed by atoms with Gasteiger partial charge in [-0.05, 0) is 69.9 Å². The molecule has 2 aromatic rings. The molecule has 0 radical (unpaired) electrons. The van der Waals surface area contributed by atoms with E-state index in [2.05, 4.69) is 41.2 Å². The number of aryl methyl sites for hydroxylation is 2. The van der Waals surface area contributed by atoms with Crippen molar-refractivity contribution in [1.82, 2.24) is 9.97 Å². The summed E-state index contributed by atoms with van der Waals surface area (Å²) in [6.07, 6.45) is 5.04. The zero-order valence-corrected chi connectivity index (χ0v) is 14.7. The van der Waals surface area contributed by atoms with E-state index in [0.717, 1.165) is 47.4 Å². The van der Waals surface area contributed by atoms with Gasteiger partial charge in [-0.15, -0.1) is 0 Å². The Kier molecular flexibility index (Phi) is 4.43. The molecule has 3 nitrogen and oxygen atoms in total. The number of fused-ring (bicyclic) bond motifs is 2. The normalized spacial score (nSPS) is 14.6. The van der Waals surface area contributed by atoms with E-state index in [1.165, 1.54) is 22.4 Å². The molecule has 122 valence electrons. The van der Waals surface area contributed by atoms with Gasteiger partial charge in [0.2, 0.25) is 0 Å². The summed E-state index contributed by atoms with van der Waals surface area (Å²) in [4.78, 5) is 19.6. The van der Waals surface area contributed by atoms with Gasteiger partial charge in [0.1, 0.15) is 0 Å². The Hall–Kier alpha value is -2.55. The molecule has 0 spiro atoms. The molecule has 0 N–H and O–H groups in total. The van der Waals surface area contributed by atoms with Gasteiger partial charge in [-0.25, -0.2) is 0 Å². The van der Waals surface area contributed by atoms with E-state index in [4.69, 9.17) is 0 Å². The van der Waals surface area contributed by atoms with Gasteiger partial charge in [0.05, 0.1) is 11.4 Å². The summed E-state index contributed by atoms with van der Waals surface area (Å²) < 4.78 is 0. The number of carbonyl (C=O) groups excluding carboxylic acids is 1. The van der Waals surface area contributed by atoms with E-state index < -0.39 is 0 Å².